The molecular weight excluding hydrogens is 388 g/mol. The molecule has 158 valence electrons. The molecule has 4 unspecified atom stereocenters. The van der Waals surface area contributed by atoms with Crippen molar-refractivity contribution in [1.82, 2.24) is 10.0 Å². The van der Waals surface area contributed by atoms with Crippen LogP contribution in [-0.4, -0.2) is 20.4 Å². The minimum absolute atomic E-state index is 0.0177. The molecule has 29 heavy (non-hydrogen) atoms. The molecule has 0 spiro atoms. The summed E-state index contributed by atoms with van der Waals surface area (Å²) in [4.78, 5) is 12.9. The van der Waals surface area contributed by atoms with Gasteiger partial charge in [-0.05, 0) is 49.4 Å². The first-order chi connectivity index (χ1) is 13.8. The molecule has 1 aromatic heterocycles. The van der Waals surface area contributed by atoms with Gasteiger partial charge in [0.2, 0.25) is 15.9 Å². The Morgan fingerprint density at radius 1 is 1.17 bits per heavy atom. The highest BCUT2D eigenvalue weighted by Crippen LogP contribution is 2.30. The zero-order valence-electron chi connectivity index (χ0n) is 17.2. The summed E-state index contributed by atoms with van der Waals surface area (Å²) in [6, 6.07) is 9.32. The lowest BCUT2D eigenvalue weighted by molar-refractivity contribution is -0.123. The summed E-state index contributed by atoms with van der Waals surface area (Å²) in [5.74, 6) is 1.21. The van der Waals surface area contributed by atoms with Crippen LogP contribution in [0.15, 0.2) is 52.0 Å². The SMILES string of the molecule is Cc1ccc(S(=O)(=O)NC(CC(=O)NC2CCCC(C)C2C)c2ccco2)cc1. The van der Waals surface area contributed by atoms with Crippen molar-refractivity contribution in [3.63, 3.8) is 0 Å². The van der Waals surface area contributed by atoms with Crippen LogP contribution in [0.3, 0.4) is 0 Å². The highest BCUT2D eigenvalue weighted by Gasteiger charge is 2.30. The Kier molecular flexibility index (Phi) is 6.80. The summed E-state index contributed by atoms with van der Waals surface area (Å²) in [7, 11) is -3.79. The Hall–Kier alpha value is -2.12. The topological polar surface area (TPSA) is 88.4 Å². The van der Waals surface area contributed by atoms with E-state index in [1.54, 1.807) is 36.4 Å². The van der Waals surface area contributed by atoms with E-state index < -0.39 is 16.1 Å². The van der Waals surface area contributed by atoms with E-state index in [-0.39, 0.29) is 23.3 Å². The van der Waals surface area contributed by atoms with Crippen molar-refractivity contribution in [3.05, 3.63) is 54.0 Å². The highest BCUT2D eigenvalue weighted by molar-refractivity contribution is 7.89. The van der Waals surface area contributed by atoms with E-state index in [0.29, 0.717) is 17.6 Å². The van der Waals surface area contributed by atoms with Gasteiger partial charge in [0.25, 0.3) is 0 Å². The first-order valence-corrected chi connectivity index (χ1v) is 11.7. The molecule has 1 aliphatic rings. The Morgan fingerprint density at radius 3 is 2.55 bits per heavy atom. The molecule has 1 fully saturated rings. The third kappa shape index (κ3) is 5.48. The number of benzene rings is 1. The predicted molar refractivity (Wildman–Crippen MR) is 112 cm³/mol. The second-order valence-corrected chi connectivity index (χ2v) is 9.86. The number of aryl methyl sites for hydroxylation is 1. The van der Waals surface area contributed by atoms with Crippen molar-refractivity contribution in [3.8, 4) is 0 Å². The van der Waals surface area contributed by atoms with E-state index in [0.717, 1.165) is 18.4 Å². The van der Waals surface area contributed by atoms with Crippen molar-refractivity contribution in [2.24, 2.45) is 11.8 Å². The van der Waals surface area contributed by atoms with Crippen LogP contribution in [0.1, 0.15) is 56.9 Å². The highest BCUT2D eigenvalue weighted by atomic mass is 32.2. The Labute approximate surface area is 173 Å². The van der Waals surface area contributed by atoms with Crippen LogP contribution in [-0.2, 0) is 14.8 Å². The standard InChI is InChI=1S/C22H30N2O4S/c1-15-9-11-18(12-10-15)29(26,27)24-20(21-8-5-13-28-21)14-22(25)23-19-7-4-6-16(2)17(19)3/h5,8-13,16-17,19-20,24H,4,6-7,14H2,1-3H3,(H,23,25). The van der Waals surface area contributed by atoms with Crippen molar-refractivity contribution in [2.75, 3.05) is 0 Å². The molecule has 7 heteroatoms. The third-order valence-corrected chi connectivity index (χ3v) is 7.45. The number of hydrogen-bond acceptors (Lipinski definition) is 4. The molecule has 2 N–H and O–H groups in total. The average molecular weight is 419 g/mol. The summed E-state index contributed by atoms with van der Waals surface area (Å²) in [6.45, 7) is 6.27. The summed E-state index contributed by atoms with van der Waals surface area (Å²) >= 11 is 0. The summed E-state index contributed by atoms with van der Waals surface area (Å²) in [5, 5.41) is 3.11. The number of carbonyl (C=O) groups is 1. The molecule has 0 radical (unpaired) electrons. The van der Waals surface area contributed by atoms with Crippen LogP contribution in [0.4, 0.5) is 0 Å². The third-order valence-electron chi connectivity index (χ3n) is 5.96. The molecule has 0 bridgehead atoms. The van der Waals surface area contributed by atoms with E-state index in [1.807, 2.05) is 6.92 Å². The summed E-state index contributed by atoms with van der Waals surface area (Å²) in [6.07, 6.45) is 4.69. The number of carbonyl (C=O) groups excluding carboxylic acids is 1. The van der Waals surface area contributed by atoms with Crippen LogP contribution in [0.2, 0.25) is 0 Å². The number of rotatable bonds is 7. The molecule has 1 aliphatic carbocycles. The predicted octanol–water partition coefficient (Wildman–Crippen LogP) is 3.94. The number of hydrogen-bond donors (Lipinski definition) is 2. The molecule has 6 nitrogen and oxygen atoms in total. The summed E-state index contributed by atoms with van der Waals surface area (Å²) in [5.41, 5.74) is 0.974. The molecule has 4 atom stereocenters. The quantitative estimate of drug-likeness (QED) is 0.713. The van der Waals surface area contributed by atoms with Gasteiger partial charge in [0.15, 0.2) is 0 Å². The lowest BCUT2D eigenvalue weighted by Gasteiger charge is -2.34. The fraction of sp³-hybridized carbons (Fsp3) is 0.500. The molecule has 3 rings (SSSR count). The van der Waals surface area contributed by atoms with Crippen molar-refractivity contribution < 1.29 is 17.6 Å². The smallest absolute Gasteiger partial charge is 0.241 e. The number of nitrogens with one attached hydrogen (secondary N) is 2. The van der Waals surface area contributed by atoms with Gasteiger partial charge < -0.3 is 9.73 Å². The fourth-order valence-electron chi connectivity index (χ4n) is 3.90. The first-order valence-electron chi connectivity index (χ1n) is 10.2. The zero-order valence-corrected chi connectivity index (χ0v) is 18.0. The maximum absolute atomic E-state index is 12.8. The lowest BCUT2D eigenvalue weighted by atomic mass is 9.78. The van der Waals surface area contributed by atoms with Gasteiger partial charge in [-0.1, -0.05) is 44.4 Å². The minimum atomic E-state index is -3.79. The van der Waals surface area contributed by atoms with Crippen molar-refractivity contribution in [1.29, 1.82) is 0 Å². The van der Waals surface area contributed by atoms with Crippen LogP contribution < -0.4 is 10.0 Å². The van der Waals surface area contributed by atoms with E-state index in [9.17, 15) is 13.2 Å². The number of sulfonamides is 1. The largest absolute Gasteiger partial charge is 0.468 e. The van der Waals surface area contributed by atoms with Crippen LogP contribution in [0.25, 0.3) is 0 Å². The minimum Gasteiger partial charge on any atom is -0.468 e. The Bertz CT molecular complexity index is 907. The van der Waals surface area contributed by atoms with E-state index in [4.69, 9.17) is 4.42 Å². The van der Waals surface area contributed by atoms with Crippen molar-refractivity contribution >= 4 is 15.9 Å². The number of amides is 1. The second kappa shape index (κ2) is 9.13. The number of furan rings is 1. The van der Waals surface area contributed by atoms with Gasteiger partial charge in [-0.15, -0.1) is 0 Å². The lowest BCUT2D eigenvalue weighted by Crippen LogP contribution is -2.44. The van der Waals surface area contributed by atoms with Gasteiger partial charge >= 0.3 is 0 Å². The molecule has 0 aliphatic heterocycles. The van der Waals surface area contributed by atoms with Crippen molar-refractivity contribution in [2.45, 2.75) is 63.4 Å². The molecule has 0 saturated heterocycles. The monoisotopic (exact) mass is 418 g/mol. The van der Waals surface area contributed by atoms with Gasteiger partial charge in [-0.3, -0.25) is 4.79 Å². The van der Waals surface area contributed by atoms with Crippen LogP contribution >= 0.6 is 0 Å². The van der Waals surface area contributed by atoms with E-state index in [2.05, 4.69) is 23.9 Å². The fourth-order valence-corrected chi connectivity index (χ4v) is 5.10. The Morgan fingerprint density at radius 2 is 1.90 bits per heavy atom. The summed E-state index contributed by atoms with van der Waals surface area (Å²) < 4.78 is 33.7. The molecular formula is C22H30N2O4S. The molecule has 1 amide bonds. The van der Waals surface area contributed by atoms with Crippen LogP contribution in [0, 0.1) is 18.8 Å². The van der Waals surface area contributed by atoms with Gasteiger partial charge in [0, 0.05) is 6.04 Å². The normalized spacial score (nSPS) is 23.5. The zero-order chi connectivity index (χ0) is 21.0. The Balaban J connectivity index is 1.72. The molecule has 1 aromatic carbocycles. The second-order valence-electron chi connectivity index (χ2n) is 8.15. The van der Waals surface area contributed by atoms with Gasteiger partial charge in [-0.2, -0.15) is 4.72 Å². The van der Waals surface area contributed by atoms with E-state index >= 15 is 0 Å². The molecule has 1 saturated carbocycles. The van der Waals surface area contributed by atoms with E-state index in [1.165, 1.54) is 12.7 Å². The first kappa shape index (κ1) is 21.6. The van der Waals surface area contributed by atoms with Gasteiger partial charge in [-0.25, -0.2) is 8.42 Å². The maximum atomic E-state index is 12.8. The van der Waals surface area contributed by atoms with Gasteiger partial charge in [0.1, 0.15) is 5.76 Å². The maximum Gasteiger partial charge on any atom is 0.241 e. The molecule has 2 aromatic rings. The van der Waals surface area contributed by atoms with Crippen LogP contribution in [0.5, 0.6) is 0 Å². The van der Waals surface area contributed by atoms with Gasteiger partial charge in [0.05, 0.1) is 23.6 Å². The average Bonchev–Trinajstić information content (AvgIpc) is 3.20. The molecule has 1 heterocycles.